The lowest BCUT2D eigenvalue weighted by molar-refractivity contribution is 0.426. The number of furan rings is 1. The Morgan fingerprint density at radius 1 is 1.53 bits per heavy atom. The van der Waals surface area contributed by atoms with Gasteiger partial charge in [0.15, 0.2) is 0 Å². The monoisotopic (exact) mass is 205 g/mol. The molecule has 0 fully saturated rings. The van der Waals surface area contributed by atoms with Crippen LogP contribution in [-0.2, 0) is 13.6 Å². The van der Waals surface area contributed by atoms with Gasteiger partial charge in [0.05, 0.1) is 18.0 Å². The van der Waals surface area contributed by atoms with Crippen LogP contribution < -0.4 is 5.32 Å². The lowest BCUT2D eigenvalue weighted by Gasteiger charge is -2.10. The average molecular weight is 205 g/mol. The summed E-state index contributed by atoms with van der Waals surface area (Å²) in [6, 6.07) is 6.09. The SMILES string of the molecule is CC(NCc1ccnn1C)c1ccco1. The number of nitrogens with one attached hydrogen (secondary N) is 1. The molecule has 0 amide bonds. The van der Waals surface area contributed by atoms with Crippen LogP contribution in [0, 0.1) is 0 Å². The van der Waals surface area contributed by atoms with E-state index in [4.69, 9.17) is 4.42 Å². The average Bonchev–Trinajstić information content (AvgIpc) is 2.85. The molecule has 1 unspecified atom stereocenters. The Kier molecular flexibility index (Phi) is 2.87. The number of aryl methyl sites for hydroxylation is 1. The second-order valence-electron chi connectivity index (χ2n) is 3.56. The van der Waals surface area contributed by atoms with Crippen molar-refractivity contribution in [3.05, 3.63) is 42.1 Å². The molecule has 0 aliphatic rings. The largest absolute Gasteiger partial charge is 0.468 e. The summed E-state index contributed by atoms with van der Waals surface area (Å²) < 4.78 is 7.17. The van der Waals surface area contributed by atoms with Gasteiger partial charge in [0.25, 0.3) is 0 Å². The third kappa shape index (κ3) is 2.27. The van der Waals surface area contributed by atoms with Gasteiger partial charge < -0.3 is 9.73 Å². The van der Waals surface area contributed by atoms with Gasteiger partial charge in [-0.1, -0.05) is 0 Å². The van der Waals surface area contributed by atoms with E-state index in [1.165, 1.54) is 0 Å². The van der Waals surface area contributed by atoms with Crippen LogP contribution in [0.1, 0.15) is 24.4 Å². The third-order valence-corrected chi connectivity index (χ3v) is 2.48. The van der Waals surface area contributed by atoms with Gasteiger partial charge in [-0.15, -0.1) is 0 Å². The molecule has 2 aromatic rings. The summed E-state index contributed by atoms with van der Waals surface area (Å²) in [5.74, 6) is 0.956. The van der Waals surface area contributed by atoms with E-state index in [1.54, 1.807) is 12.5 Å². The zero-order valence-electron chi connectivity index (χ0n) is 8.97. The van der Waals surface area contributed by atoms with Crippen molar-refractivity contribution >= 4 is 0 Å². The highest BCUT2D eigenvalue weighted by Crippen LogP contribution is 2.12. The zero-order chi connectivity index (χ0) is 10.7. The molecule has 15 heavy (non-hydrogen) atoms. The van der Waals surface area contributed by atoms with Crippen LogP contribution in [0.5, 0.6) is 0 Å². The number of nitrogens with zero attached hydrogens (tertiary/aromatic N) is 2. The van der Waals surface area contributed by atoms with E-state index in [1.807, 2.05) is 29.9 Å². The maximum Gasteiger partial charge on any atom is 0.120 e. The molecule has 0 saturated carbocycles. The fourth-order valence-corrected chi connectivity index (χ4v) is 1.47. The van der Waals surface area contributed by atoms with Crippen molar-refractivity contribution in [1.82, 2.24) is 15.1 Å². The maximum atomic E-state index is 5.31. The van der Waals surface area contributed by atoms with Crippen molar-refractivity contribution < 1.29 is 4.42 Å². The Morgan fingerprint density at radius 3 is 3.00 bits per heavy atom. The Hall–Kier alpha value is -1.55. The van der Waals surface area contributed by atoms with Crippen LogP contribution in [0.4, 0.5) is 0 Å². The van der Waals surface area contributed by atoms with E-state index in [0.717, 1.165) is 18.0 Å². The van der Waals surface area contributed by atoms with Gasteiger partial charge in [0.2, 0.25) is 0 Å². The first-order valence-corrected chi connectivity index (χ1v) is 5.01. The number of hydrogen-bond donors (Lipinski definition) is 1. The maximum absolute atomic E-state index is 5.31. The molecule has 4 heteroatoms. The molecule has 80 valence electrons. The smallest absolute Gasteiger partial charge is 0.120 e. The molecule has 2 rings (SSSR count). The molecule has 0 radical (unpaired) electrons. The molecule has 0 aliphatic heterocycles. The molecule has 4 nitrogen and oxygen atoms in total. The van der Waals surface area contributed by atoms with Crippen LogP contribution in [0.15, 0.2) is 35.1 Å². The van der Waals surface area contributed by atoms with Crippen LogP contribution in [0.3, 0.4) is 0 Å². The van der Waals surface area contributed by atoms with Gasteiger partial charge in [-0.05, 0) is 25.1 Å². The van der Waals surface area contributed by atoms with E-state index in [2.05, 4.69) is 17.3 Å². The van der Waals surface area contributed by atoms with Crippen molar-refractivity contribution in [2.45, 2.75) is 19.5 Å². The van der Waals surface area contributed by atoms with Crippen molar-refractivity contribution in [1.29, 1.82) is 0 Å². The summed E-state index contributed by atoms with van der Waals surface area (Å²) in [6.07, 6.45) is 3.49. The van der Waals surface area contributed by atoms with Gasteiger partial charge in [0, 0.05) is 19.8 Å². The molecular formula is C11H15N3O. The molecule has 1 atom stereocenters. The molecular weight excluding hydrogens is 190 g/mol. The summed E-state index contributed by atoms with van der Waals surface area (Å²) in [6.45, 7) is 2.87. The normalized spacial score (nSPS) is 12.9. The second kappa shape index (κ2) is 4.31. The fraction of sp³-hybridized carbons (Fsp3) is 0.364. The quantitative estimate of drug-likeness (QED) is 0.828. The Bertz CT molecular complexity index is 405. The molecule has 0 spiro atoms. The summed E-state index contributed by atoms with van der Waals surface area (Å²) >= 11 is 0. The molecule has 0 bridgehead atoms. The van der Waals surface area contributed by atoms with Gasteiger partial charge in [0.1, 0.15) is 5.76 Å². The summed E-state index contributed by atoms with van der Waals surface area (Å²) in [5.41, 5.74) is 1.16. The Labute approximate surface area is 88.9 Å². The van der Waals surface area contributed by atoms with Crippen LogP contribution in [0.25, 0.3) is 0 Å². The lowest BCUT2D eigenvalue weighted by atomic mass is 10.2. The van der Waals surface area contributed by atoms with Crippen LogP contribution in [0.2, 0.25) is 0 Å². The van der Waals surface area contributed by atoms with Crippen LogP contribution in [-0.4, -0.2) is 9.78 Å². The van der Waals surface area contributed by atoms with Gasteiger partial charge in [-0.2, -0.15) is 5.10 Å². The van der Waals surface area contributed by atoms with E-state index >= 15 is 0 Å². The van der Waals surface area contributed by atoms with Crippen molar-refractivity contribution in [3.8, 4) is 0 Å². The molecule has 2 aromatic heterocycles. The van der Waals surface area contributed by atoms with E-state index in [-0.39, 0.29) is 6.04 Å². The number of aromatic nitrogens is 2. The van der Waals surface area contributed by atoms with Crippen LogP contribution >= 0.6 is 0 Å². The standard InChI is InChI=1S/C11H15N3O/c1-9(11-4-3-7-15-11)12-8-10-5-6-13-14(10)2/h3-7,9,12H,8H2,1-2H3. The summed E-state index contributed by atoms with van der Waals surface area (Å²) in [5, 5.41) is 7.48. The highest BCUT2D eigenvalue weighted by atomic mass is 16.3. The zero-order valence-corrected chi connectivity index (χ0v) is 8.97. The highest BCUT2D eigenvalue weighted by molar-refractivity contribution is 5.05. The molecule has 2 heterocycles. The summed E-state index contributed by atoms with van der Waals surface area (Å²) in [7, 11) is 1.94. The van der Waals surface area contributed by atoms with E-state index in [0.29, 0.717) is 0 Å². The number of hydrogen-bond acceptors (Lipinski definition) is 3. The topological polar surface area (TPSA) is 43.0 Å². The van der Waals surface area contributed by atoms with E-state index in [9.17, 15) is 0 Å². The molecule has 0 aromatic carbocycles. The van der Waals surface area contributed by atoms with Crippen molar-refractivity contribution in [3.63, 3.8) is 0 Å². The molecule has 0 saturated heterocycles. The van der Waals surface area contributed by atoms with E-state index < -0.39 is 0 Å². The summed E-state index contributed by atoms with van der Waals surface area (Å²) in [4.78, 5) is 0. The number of rotatable bonds is 4. The third-order valence-electron chi connectivity index (χ3n) is 2.48. The minimum absolute atomic E-state index is 0.218. The Morgan fingerprint density at radius 2 is 2.40 bits per heavy atom. The lowest BCUT2D eigenvalue weighted by Crippen LogP contribution is -2.19. The first-order chi connectivity index (χ1) is 7.27. The predicted molar refractivity (Wildman–Crippen MR) is 57.2 cm³/mol. The minimum Gasteiger partial charge on any atom is -0.468 e. The predicted octanol–water partition coefficient (Wildman–Crippen LogP) is 1.86. The van der Waals surface area contributed by atoms with Crippen molar-refractivity contribution in [2.75, 3.05) is 0 Å². The molecule has 1 N–H and O–H groups in total. The van der Waals surface area contributed by atoms with Gasteiger partial charge >= 0.3 is 0 Å². The second-order valence-corrected chi connectivity index (χ2v) is 3.56. The minimum atomic E-state index is 0.218. The fourth-order valence-electron chi connectivity index (χ4n) is 1.47. The van der Waals surface area contributed by atoms with Gasteiger partial charge in [-0.3, -0.25) is 4.68 Å². The highest BCUT2D eigenvalue weighted by Gasteiger charge is 2.07. The Balaban J connectivity index is 1.91. The first kappa shape index (κ1) is 9.98. The molecule has 0 aliphatic carbocycles. The van der Waals surface area contributed by atoms with Crippen molar-refractivity contribution in [2.24, 2.45) is 7.05 Å². The first-order valence-electron chi connectivity index (χ1n) is 5.01. The van der Waals surface area contributed by atoms with Gasteiger partial charge in [-0.25, -0.2) is 0 Å².